The Labute approximate surface area is 174 Å². The third-order valence-electron chi connectivity index (χ3n) is 5.05. The van der Waals surface area contributed by atoms with E-state index in [1.807, 2.05) is 37.9 Å². The Morgan fingerprint density at radius 1 is 1.17 bits per heavy atom. The maximum atomic E-state index is 12.9. The summed E-state index contributed by atoms with van der Waals surface area (Å²) in [5.74, 6) is 0.988. The number of aryl methyl sites for hydroxylation is 3. The molecule has 1 fully saturated rings. The van der Waals surface area contributed by atoms with Gasteiger partial charge in [-0.05, 0) is 44.9 Å². The van der Waals surface area contributed by atoms with E-state index in [2.05, 4.69) is 30.4 Å². The van der Waals surface area contributed by atoms with Gasteiger partial charge < -0.3 is 10.2 Å². The Bertz CT molecular complexity index is 1070. The number of amides is 1. The molecule has 1 aliphatic rings. The number of hydrogen-bond donors (Lipinski definition) is 1. The maximum Gasteiger partial charge on any atom is 0.247 e. The molecule has 9 nitrogen and oxygen atoms in total. The lowest BCUT2D eigenvalue weighted by Gasteiger charge is -2.24. The van der Waals surface area contributed by atoms with Crippen LogP contribution in [0.4, 0.5) is 11.8 Å². The Morgan fingerprint density at radius 2 is 1.93 bits per heavy atom. The van der Waals surface area contributed by atoms with Crippen LogP contribution in [0, 0.1) is 13.8 Å². The van der Waals surface area contributed by atoms with Crippen molar-refractivity contribution in [2.45, 2.75) is 32.7 Å². The SMILES string of the molecule is Cc1cc(C)nc(Nc2nccnc2[C@H]2CCCN2C(=O)/C=C/c2ccnn2C)n1. The first-order valence-electron chi connectivity index (χ1n) is 9.88. The Morgan fingerprint density at radius 3 is 2.67 bits per heavy atom. The highest BCUT2D eigenvalue weighted by atomic mass is 16.2. The monoisotopic (exact) mass is 404 g/mol. The van der Waals surface area contributed by atoms with Gasteiger partial charge in [-0.15, -0.1) is 0 Å². The number of rotatable bonds is 5. The molecule has 4 rings (SSSR count). The molecule has 0 aliphatic carbocycles. The number of likely N-dealkylation sites (tertiary alicyclic amines) is 1. The summed E-state index contributed by atoms with van der Waals surface area (Å²) in [6.45, 7) is 4.52. The Hall–Kier alpha value is -3.62. The lowest BCUT2D eigenvalue weighted by atomic mass is 10.1. The van der Waals surface area contributed by atoms with Gasteiger partial charge in [0.1, 0.15) is 5.69 Å². The van der Waals surface area contributed by atoms with Crippen molar-refractivity contribution < 1.29 is 4.79 Å². The molecule has 3 aromatic heterocycles. The third-order valence-corrected chi connectivity index (χ3v) is 5.05. The first-order valence-corrected chi connectivity index (χ1v) is 9.88. The molecule has 3 aromatic rings. The van der Waals surface area contributed by atoms with E-state index in [1.165, 1.54) is 0 Å². The number of carbonyl (C=O) groups is 1. The van der Waals surface area contributed by atoms with Crippen molar-refractivity contribution in [3.05, 3.63) is 59.6 Å². The molecule has 1 aliphatic heterocycles. The van der Waals surface area contributed by atoms with Crippen LogP contribution in [0.15, 0.2) is 36.8 Å². The summed E-state index contributed by atoms with van der Waals surface area (Å²) in [6.07, 6.45) is 10.1. The zero-order valence-corrected chi connectivity index (χ0v) is 17.3. The number of hydrogen-bond acceptors (Lipinski definition) is 7. The minimum absolute atomic E-state index is 0.0575. The number of nitrogens with zero attached hydrogens (tertiary/aromatic N) is 7. The molecule has 0 unspecified atom stereocenters. The molecule has 9 heteroatoms. The van der Waals surface area contributed by atoms with Gasteiger partial charge in [-0.25, -0.2) is 15.0 Å². The molecule has 0 spiro atoms. The largest absolute Gasteiger partial charge is 0.330 e. The fourth-order valence-corrected chi connectivity index (χ4v) is 3.69. The van der Waals surface area contributed by atoms with E-state index < -0.39 is 0 Å². The fourth-order valence-electron chi connectivity index (χ4n) is 3.69. The van der Waals surface area contributed by atoms with E-state index in [0.29, 0.717) is 18.3 Å². The van der Waals surface area contributed by atoms with Gasteiger partial charge in [0.05, 0.1) is 11.7 Å². The highest BCUT2D eigenvalue weighted by molar-refractivity contribution is 5.92. The molecule has 1 saturated heterocycles. The molecule has 1 atom stereocenters. The number of carbonyl (C=O) groups excluding carboxylic acids is 1. The van der Waals surface area contributed by atoms with Crippen molar-refractivity contribution >= 4 is 23.7 Å². The van der Waals surface area contributed by atoms with E-state index in [9.17, 15) is 4.79 Å². The van der Waals surface area contributed by atoms with Gasteiger partial charge in [-0.1, -0.05) is 0 Å². The van der Waals surface area contributed by atoms with Gasteiger partial charge in [0.25, 0.3) is 0 Å². The average Bonchev–Trinajstić information content (AvgIpc) is 3.35. The van der Waals surface area contributed by atoms with Crippen molar-refractivity contribution in [1.82, 2.24) is 34.6 Å². The van der Waals surface area contributed by atoms with Gasteiger partial charge in [-0.2, -0.15) is 5.10 Å². The molecular weight excluding hydrogens is 380 g/mol. The van der Waals surface area contributed by atoms with E-state index in [-0.39, 0.29) is 11.9 Å². The normalized spacial score (nSPS) is 16.4. The van der Waals surface area contributed by atoms with E-state index >= 15 is 0 Å². The van der Waals surface area contributed by atoms with Gasteiger partial charge in [-0.3, -0.25) is 14.5 Å². The van der Waals surface area contributed by atoms with E-state index in [1.54, 1.807) is 35.4 Å². The molecule has 1 N–H and O–H groups in total. The summed E-state index contributed by atoms with van der Waals surface area (Å²) in [6, 6.07) is 3.62. The number of anilines is 2. The molecule has 30 heavy (non-hydrogen) atoms. The molecule has 0 bridgehead atoms. The third kappa shape index (κ3) is 4.19. The average molecular weight is 404 g/mol. The lowest BCUT2D eigenvalue weighted by Crippen LogP contribution is -2.30. The molecular formula is C21H24N8O. The summed E-state index contributed by atoms with van der Waals surface area (Å²) >= 11 is 0. The van der Waals surface area contributed by atoms with E-state index in [4.69, 9.17) is 0 Å². The maximum absolute atomic E-state index is 12.9. The summed E-state index contributed by atoms with van der Waals surface area (Å²) in [5, 5.41) is 7.31. The molecule has 0 aromatic carbocycles. The molecule has 0 saturated carbocycles. The topological polar surface area (TPSA) is 102 Å². The van der Waals surface area contributed by atoms with Crippen LogP contribution in [0.3, 0.4) is 0 Å². The minimum Gasteiger partial charge on any atom is -0.330 e. The predicted octanol–water partition coefficient (Wildman–Crippen LogP) is 2.74. The second-order valence-corrected chi connectivity index (χ2v) is 7.29. The second kappa shape index (κ2) is 8.40. The predicted molar refractivity (Wildman–Crippen MR) is 113 cm³/mol. The fraction of sp³-hybridized carbons (Fsp3) is 0.333. The van der Waals surface area contributed by atoms with Crippen molar-refractivity contribution in [2.24, 2.45) is 7.05 Å². The van der Waals surface area contributed by atoms with Crippen LogP contribution < -0.4 is 5.32 Å². The highest BCUT2D eigenvalue weighted by Crippen LogP contribution is 2.34. The van der Waals surface area contributed by atoms with Crippen molar-refractivity contribution in [3.63, 3.8) is 0 Å². The summed E-state index contributed by atoms with van der Waals surface area (Å²) in [7, 11) is 1.84. The lowest BCUT2D eigenvalue weighted by molar-refractivity contribution is -0.126. The Balaban J connectivity index is 1.57. The van der Waals surface area contributed by atoms with Crippen molar-refractivity contribution in [1.29, 1.82) is 0 Å². The number of aromatic nitrogens is 6. The van der Waals surface area contributed by atoms with Gasteiger partial charge >= 0.3 is 0 Å². The first-order chi connectivity index (χ1) is 14.5. The van der Waals surface area contributed by atoms with E-state index in [0.717, 1.165) is 35.6 Å². The molecule has 0 radical (unpaired) electrons. The summed E-state index contributed by atoms with van der Waals surface area (Å²) in [4.78, 5) is 32.6. The highest BCUT2D eigenvalue weighted by Gasteiger charge is 2.32. The number of nitrogens with one attached hydrogen (secondary N) is 1. The zero-order valence-electron chi connectivity index (χ0n) is 17.3. The smallest absolute Gasteiger partial charge is 0.247 e. The van der Waals surface area contributed by atoms with Gasteiger partial charge in [0, 0.05) is 49.6 Å². The molecule has 4 heterocycles. The van der Waals surface area contributed by atoms with Crippen LogP contribution in [-0.2, 0) is 11.8 Å². The van der Waals surface area contributed by atoms with Crippen LogP contribution in [0.1, 0.15) is 41.7 Å². The van der Waals surface area contributed by atoms with Gasteiger partial charge in [0.2, 0.25) is 11.9 Å². The summed E-state index contributed by atoms with van der Waals surface area (Å²) in [5.41, 5.74) is 3.33. The standard InChI is InChI=1S/C21H24N8O/c1-14-13-15(2)26-21(25-14)27-20-19(22-10-11-23-20)17-5-4-12-29(17)18(30)7-6-16-8-9-24-28(16)3/h6-11,13,17H,4-5,12H2,1-3H3,(H,23,25,26,27)/b7-6+/t17-/m1/s1. The van der Waals surface area contributed by atoms with Crippen LogP contribution >= 0.6 is 0 Å². The van der Waals surface area contributed by atoms with Crippen LogP contribution in [0.5, 0.6) is 0 Å². The minimum atomic E-state index is -0.157. The second-order valence-electron chi connectivity index (χ2n) is 7.29. The van der Waals surface area contributed by atoms with Gasteiger partial charge in [0.15, 0.2) is 5.82 Å². The van der Waals surface area contributed by atoms with Crippen LogP contribution in [0.2, 0.25) is 0 Å². The van der Waals surface area contributed by atoms with Crippen molar-refractivity contribution in [3.8, 4) is 0 Å². The first kappa shape index (κ1) is 19.7. The Kier molecular flexibility index (Phi) is 5.51. The quantitative estimate of drug-likeness (QED) is 0.652. The summed E-state index contributed by atoms with van der Waals surface area (Å²) < 4.78 is 1.72. The molecule has 154 valence electrons. The molecule has 1 amide bonds. The van der Waals surface area contributed by atoms with Crippen LogP contribution in [-0.4, -0.2) is 47.1 Å². The van der Waals surface area contributed by atoms with Crippen molar-refractivity contribution in [2.75, 3.05) is 11.9 Å². The van der Waals surface area contributed by atoms with Crippen LogP contribution in [0.25, 0.3) is 6.08 Å². The zero-order chi connectivity index (χ0) is 21.1.